The molecule has 7 nitrogen and oxygen atoms in total. The average molecular weight is 399 g/mol. The first-order valence-electron chi connectivity index (χ1n) is 9.17. The molecule has 0 unspecified atom stereocenters. The highest BCUT2D eigenvalue weighted by atomic mass is 32.2. The smallest absolute Gasteiger partial charge is 0.269 e. The monoisotopic (exact) mass is 399 g/mol. The minimum Gasteiger partial charge on any atom is -0.339 e. The first-order valence-corrected chi connectivity index (χ1v) is 10.6. The average Bonchev–Trinajstić information content (AvgIpc) is 2.90. The lowest BCUT2D eigenvalue weighted by molar-refractivity contribution is -0.132. The Kier molecular flexibility index (Phi) is 4.91. The van der Waals surface area contributed by atoms with Crippen LogP contribution in [0.4, 0.5) is 0 Å². The SMILES string of the molecule is O=C(CN1C(=O)c2ccccc2S1(=O)=O)N1CCN(Cc2ccccc2)CC1. The minimum absolute atomic E-state index is 0.0273. The summed E-state index contributed by atoms with van der Waals surface area (Å²) >= 11 is 0. The molecule has 0 N–H and O–H groups in total. The molecule has 1 saturated heterocycles. The second kappa shape index (κ2) is 7.37. The van der Waals surface area contributed by atoms with Crippen LogP contribution < -0.4 is 0 Å². The number of nitrogens with zero attached hydrogens (tertiary/aromatic N) is 3. The maximum Gasteiger partial charge on any atom is 0.269 e. The number of rotatable bonds is 4. The van der Waals surface area contributed by atoms with Crippen molar-refractivity contribution in [3.63, 3.8) is 0 Å². The van der Waals surface area contributed by atoms with Crippen molar-refractivity contribution in [1.82, 2.24) is 14.1 Å². The summed E-state index contributed by atoms with van der Waals surface area (Å²) in [6.07, 6.45) is 0. The molecule has 0 atom stereocenters. The van der Waals surface area contributed by atoms with Gasteiger partial charge in [0.25, 0.3) is 15.9 Å². The fraction of sp³-hybridized carbons (Fsp3) is 0.300. The molecule has 1 fully saturated rings. The van der Waals surface area contributed by atoms with Gasteiger partial charge in [0.1, 0.15) is 11.4 Å². The van der Waals surface area contributed by atoms with Crippen molar-refractivity contribution >= 4 is 21.8 Å². The quantitative estimate of drug-likeness (QED) is 0.771. The van der Waals surface area contributed by atoms with Gasteiger partial charge in [-0.1, -0.05) is 42.5 Å². The summed E-state index contributed by atoms with van der Waals surface area (Å²) < 4.78 is 25.9. The molecule has 0 aliphatic carbocycles. The van der Waals surface area contributed by atoms with Gasteiger partial charge >= 0.3 is 0 Å². The molecule has 2 heterocycles. The van der Waals surface area contributed by atoms with E-state index in [0.717, 1.165) is 6.54 Å². The molecule has 0 radical (unpaired) electrons. The Morgan fingerprint density at radius 3 is 2.21 bits per heavy atom. The van der Waals surface area contributed by atoms with Crippen LogP contribution in [0.1, 0.15) is 15.9 Å². The summed E-state index contributed by atoms with van der Waals surface area (Å²) in [7, 11) is -3.95. The lowest BCUT2D eigenvalue weighted by atomic mass is 10.2. The number of piperazine rings is 1. The van der Waals surface area contributed by atoms with Crippen molar-refractivity contribution in [2.45, 2.75) is 11.4 Å². The number of hydrogen-bond acceptors (Lipinski definition) is 5. The van der Waals surface area contributed by atoms with Gasteiger partial charge in [0.15, 0.2) is 0 Å². The third-order valence-corrected chi connectivity index (χ3v) is 6.95. The molecule has 2 amide bonds. The fourth-order valence-corrected chi connectivity index (χ4v) is 5.13. The number of fused-ring (bicyclic) bond motifs is 1. The first kappa shape index (κ1) is 18.6. The number of hydrogen-bond donors (Lipinski definition) is 0. The Morgan fingerprint density at radius 1 is 0.893 bits per heavy atom. The topological polar surface area (TPSA) is 78.0 Å². The zero-order chi connectivity index (χ0) is 19.7. The Hall–Kier alpha value is -2.71. The molecule has 28 heavy (non-hydrogen) atoms. The molecule has 2 aliphatic rings. The molecule has 0 spiro atoms. The predicted molar refractivity (Wildman–Crippen MR) is 103 cm³/mol. The van der Waals surface area contributed by atoms with Crippen molar-refractivity contribution in [2.24, 2.45) is 0 Å². The number of benzene rings is 2. The van der Waals surface area contributed by atoms with Gasteiger partial charge < -0.3 is 4.90 Å². The van der Waals surface area contributed by atoms with E-state index in [1.165, 1.54) is 17.7 Å². The van der Waals surface area contributed by atoms with Crippen molar-refractivity contribution < 1.29 is 18.0 Å². The van der Waals surface area contributed by atoms with Crippen molar-refractivity contribution in [3.05, 3.63) is 65.7 Å². The summed E-state index contributed by atoms with van der Waals surface area (Å²) in [6.45, 7) is 2.82. The van der Waals surface area contributed by atoms with E-state index in [1.807, 2.05) is 18.2 Å². The van der Waals surface area contributed by atoms with Gasteiger partial charge in [0.05, 0.1) is 5.56 Å². The highest BCUT2D eigenvalue weighted by Gasteiger charge is 2.42. The van der Waals surface area contributed by atoms with Gasteiger partial charge in [-0.3, -0.25) is 14.5 Å². The standard InChI is InChI=1S/C20H21N3O4S/c24-19(15-23-20(25)17-8-4-5-9-18(17)28(23,26)27)22-12-10-21(11-13-22)14-16-6-2-1-3-7-16/h1-9H,10-15H2. The fourth-order valence-electron chi connectivity index (χ4n) is 3.61. The largest absolute Gasteiger partial charge is 0.339 e. The molecule has 0 bridgehead atoms. The molecule has 0 aromatic heterocycles. The number of amides is 2. The molecule has 2 aromatic carbocycles. The van der Waals surface area contributed by atoms with Gasteiger partial charge in [-0.25, -0.2) is 12.7 Å². The Labute approximate surface area is 164 Å². The van der Waals surface area contributed by atoms with Crippen LogP contribution in [-0.2, 0) is 21.4 Å². The van der Waals surface area contributed by atoms with E-state index in [4.69, 9.17) is 0 Å². The lowest BCUT2D eigenvalue weighted by Gasteiger charge is -2.35. The van der Waals surface area contributed by atoms with Crippen LogP contribution in [0.15, 0.2) is 59.5 Å². The highest BCUT2D eigenvalue weighted by molar-refractivity contribution is 7.90. The van der Waals surface area contributed by atoms with Crippen LogP contribution in [0.2, 0.25) is 0 Å². The third kappa shape index (κ3) is 3.41. The number of sulfonamides is 1. The summed E-state index contributed by atoms with van der Waals surface area (Å²) in [6, 6.07) is 16.2. The van der Waals surface area contributed by atoms with E-state index in [1.54, 1.807) is 17.0 Å². The molecule has 8 heteroatoms. The molecule has 2 aromatic rings. The van der Waals surface area contributed by atoms with Gasteiger partial charge in [-0.15, -0.1) is 0 Å². The first-order chi connectivity index (χ1) is 13.5. The Balaban J connectivity index is 1.37. The molecule has 2 aliphatic heterocycles. The van der Waals surface area contributed by atoms with Crippen LogP contribution in [-0.4, -0.2) is 67.1 Å². The molecular formula is C20H21N3O4S. The van der Waals surface area contributed by atoms with Crippen LogP contribution in [0.5, 0.6) is 0 Å². The third-order valence-electron chi connectivity index (χ3n) is 5.16. The van der Waals surface area contributed by atoms with E-state index < -0.39 is 22.5 Å². The second-order valence-corrected chi connectivity index (χ2v) is 8.79. The van der Waals surface area contributed by atoms with Crippen molar-refractivity contribution in [1.29, 1.82) is 0 Å². The number of carbonyl (C=O) groups excluding carboxylic acids is 2. The van der Waals surface area contributed by atoms with Gasteiger partial charge in [-0.05, 0) is 17.7 Å². The van der Waals surface area contributed by atoms with E-state index in [-0.39, 0.29) is 16.4 Å². The maximum absolute atomic E-state index is 12.7. The molecule has 146 valence electrons. The van der Waals surface area contributed by atoms with Crippen molar-refractivity contribution in [3.8, 4) is 0 Å². The van der Waals surface area contributed by atoms with Crippen LogP contribution in [0.3, 0.4) is 0 Å². The Morgan fingerprint density at radius 2 is 1.54 bits per heavy atom. The van der Waals surface area contributed by atoms with Crippen LogP contribution in [0.25, 0.3) is 0 Å². The predicted octanol–water partition coefficient (Wildman–Crippen LogP) is 1.18. The van der Waals surface area contributed by atoms with E-state index in [2.05, 4.69) is 17.0 Å². The van der Waals surface area contributed by atoms with E-state index in [9.17, 15) is 18.0 Å². The van der Waals surface area contributed by atoms with E-state index in [0.29, 0.717) is 30.5 Å². The number of carbonyl (C=O) groups is 2. The van der Waals surface area contributed by atoms with Gasteiger partial charge in [0, 0.05) is 32.7 Å². The molecular weight excluding hydrogens is 378 g/mol. The summed E-state index contributed by atoms with van der Waals surface area (Å²) in [5.41, 5.74) is 1.34. The maximum atomic E-state index is 12.7. The highest BCUT2D eigenvalue weighted by Crippen LogP contribution is 2.29. The summed E-state index contributed by atoms with van der Waals surface area (Å²) in [4.78, 5) is 29.0. The van der Waals surface area contributed by atoms with E-state index >= 15 is 0 Å². The van der Waals surface area contributed by atoms with Crippen LogP contribution in [0, 0.1) is 0 Å². The molecule has 0 saturated carbocycles. The minimum atomic E-state index is -3.95. The zero-order valence-electron chi connectivity index (χ0n) is 15.3. The second-order valence-electron chi connectivity index (χ2n) is 6.96. The van der Waals surface area contributed by atoms with Crippen LogP contribution >= 0.6 is 0 Å². The zero-order valence-corrected chi connectivity index (χ0v) is 16.1. The molecule has 4 rings (SSSR count). The summed E-state index contributed by atoms with van der Waals surface area (Å²) in [5, 5.41) is 0. The van der Waals surface area contributed by atoms with Crippen molar-refractivity contribution in [2.75, 3.05) is 32.7 Å². The lowest BCUT2D eigenvalue weighted by Crippen LogP contribution is -2.51. The summed E-state index contributed by atoms with van der Waals surface area (Å²) in [5.74, 6) is -0.976. The normalized spacial score (nSPS) is 18.9. The Bertz CT molecular complexity index is 999. The van der Waals surface area contributed by atoms with Gasteiger partial charge in [-0.2, -0.15) is 0 Å². The van der Waals surface area contributed by atoms with Gasteiger partial charge in [0.2, 0.25) is 5.91 Å².